The van der Waals surface area contributed by atoms with Gasteiger partial charge in [0, 0.05) is 6.07 Å². The fourth-order valence-corrected chi connectivity index (χ4v) is 1.40. The van der Waals surface area contributed by atoms with E-state index in [0.717, 1.165) is 6.42 Å². The lowest BCUT2D eigenvalue weighted by molar-refractivity contribution is -0.387. The minimum Gasteiger partial charge on any atom is -0.488 e. The predicted molar refractivity (Wildman–Crippen MR) is 66.2 cm³/mol. The van der Waals surface area contributed by atoms with Gasteiger partial charge >= 0.3 is 5.69 Å². The second-order valence-corrected chi connectivity index (χ2v) is 3.94. The summed E-state index contributed by atoms with van der Waals surface area (Å²) in [5, 5.41) is 22.1. The van der Waals surface area contributed by atoms with Gasteiger partial charge in [-0.05, 0) is 13.0 Å². The third-order valence-electron chi connectivity index (χ3n) is 2.40. The van der Waals surface area contributed by atoms with Gasteiger partial charge in [-0.25, -0.2) is 4.39 Å². The molecule has 0 aromatic heterocycles. The van der Waals surface area contributed by atoms with Crippen LogP contribution in [-0.2, 0) is 0 Å². The van der Waals surface area contributed by atoms with Crippen LogP contribution in [0, 0.1) is 33.1 Å². The molecule has 0 spiro atoms. The molecule has 0 saturated carbocycles. The molecule has 1 rings (SSSR count). The van der Waals surface area contributed by atoms with Gasteiger partial charge in [-0.15, -0.1) is 0 Å². The Morgan fingerprint density at radius 2 is 2.20 bits per heavy atom. The number of nitro groups is 1. The van der Waals surface area contributed by atoms with Crippen molar-refractivity contribution >= 4 is 5.69 Å². The average molecular weight is 285 g/mol. The molecule has 0 heterocycles. The van der Waals surface area contributed by atoms with Crippen molar-refractivity contribution in [1.82, 2.24) is 5.32 Å². The number of hydrogen-bond donors (Lipinski definition) is 1. The minimum atomic E-state index is -1.19. The van der Waals surface area contributed by atoms with Crippen molar-refractivity contribution < 1.29 is 18.4 Å². The van der Waals surface area contributed by atoms with Gasteiger partial charge in [0.1, 0.15) is 12.6 Å². The van der Waals surface area contributed by atoms with Crippen LogP contribution in [0.15, 0.2) is 12.1 Å². The van der Waals surface area contributed by atoms with Crippen LogP contribution in [0.3, 0.4) is 0 Å². The molecule has 0 aliphatic heterocycles. The molecule has 1 N–H and O–H groups in total. The Morgan fingerprint density at radius 1 is 1.50 bits per heavy atom. The van der Waals surface area contributed by atoms with Gasteiger partial charge < -0.3 is 4.74 Å². The van der Waals surface area contributed by atoms with Crippen molar-refractivity contribution in [3.8, 4) is 11.8 Å². The fraction of sp³-hybridized carbons (Fsp3) is 0.417. The number of nitriles is 1. The van der Waals surface area contributed by atoms with E-state index in [1.165, 1.54) is 0 Å². The molecule has 1 unspecified atom stereocenters. The number of benzene rings is 1. The average Bonchev–Trinajstić information content (AvgIpc) is 2.41. The first-order chi connectivity index (χ1) is 9.49. The Balaban J connectivity index is 2.76. The highest BCUT2D eigenvalue weighted by atomic mass is 19.1. The topological polar surface area (TPSA) is 88.2 Å². The van der Waals surface area contributed by atoms with Crippen molar-refractivity contribution in [1.29, 1.82) is 5.26 Å². The lowest BCUT2D eigenvalue weighted by Crippen LogP contribution is -2.33. The molecule has 1 atom stereocenters. The van der Waals surface area contributed by atoms with E-state index in [-0.39, 0.29) is 6.61 Å². The second kappa shape index (κ2) is 7.35. The first-order valence-electron chi connectivity index (χ1n) is 5.88. The lowest BCUT2D eigenvalue weighted by atomic mass is 10.2. The van der Waals surface area contributed by atoms with Crippen LogP contribution in [-0.4, -0.2) is 24.1 Å². The van der Waals surface area contributed by atoms with Crippen LogP contribution in [0.1, 0.15) is 13.3 Å². The Kier molecular flexibility index (Phi) is 5.80. The van der Waals surface area contributed by atoms with E-state index in [4.69, 9.17) is 10.00 Å². The molecule has 6 nitrogen and oxygen atoms in total. The minimum absolute atomic E-state index is 0.190. The highest BCUT2D eigenvalue weighted by molar-refractivity contribution is 5.39. The van der Waals surface area contributed by atoms with E-state index < -0.39 is 34.0 Å². The Morgan fingerprint density at radius 3 is 2.75 bits per heavy atom. The Bertz CT molecular complexity index is 531. The number of rotatable bonds is 7. The summed E-state index contributed by atoms with van der Waals surface area (Å²) < 4.78 is 31.8. The molecule has 1 aromatic rings. The molecule has 0 bridgehead atoms. The molecular formula is C12H13F2N3O3. The summed E-state index contributed by atoms with van der Waals surface area (Å²) in [6.45, 7) is 2.30. The Hall–Kier alpha value is -2.27. The highest BCUT2D eigenvalue weighted by Gasteiger charge is 2.20. The summed E-state index contributed by atoms with van der Waals surface area (Å²) >= 11 is 0. The lowest BCUT2D eigenvalue weighted by Gasteiger charge is -2.12. The number of ether oxygens (including phenoxy) is 1. The molecule has 0 amide bonds. The van der Waals surface area contributed by atoms with Crippen molar-refractivity contribution in [2.24, 2.45) is 0 Å². The van der Waals surface area contributed by atoms with Crippen molar-refractivity contribution in [3.05, 3.63) is 33.9 Å². The first kappa shape index (κ1) is 15.8. The molecule has 108 valence electrons. The van der Waals surface area contributed by atoms with E-state index in [9.17, 15) is 18.9 Å². The van der Waals surface area contributed by atoms with E-state index in [2.05, 4.69) is 5.32 Å². The van der Waals surface area contributed by atoms with E-state index in [1.54, 1.807) is 0 Å². The quantitative estimate of drug-likeness (QED) is 0.612. The van der Waals surface area contributed by atoms with Crippen LogP contribution < -0.4 is 10.1 Å². The fourth-order valence-electron chi connectivity index (χ4n) is 1.40. The highest BCUT2D eigenvalue weighted by Crippen LogP contribution is 2.26. The van der Waals surface area contributed by atoms with Crippen molar-refractivity contribution in [2.45, 2.75) is 19.4 Å². The molecule has 0 aliphatic carbocycles. The van der Waals surface area contributed by atoms with Crippen LogP contribution in [0.5, 0.6) is 5.75 Å². The summed E-state index contributed by atoms with van der Waals surface area (Å²) in [4.78, 5) is 9.40. The van der Waals surface area contributed by atoms with E-state index in [1.807, 2.05) is 13.0 Å². The van der Waals surface area contributed by atoms with Gasteiger partial charge in [0.25, 0.3) is 0 Å². The van der Waals surface area contributed by atoms with Crippen molar-refractivity contribution in [2.75, 3.05) is 13.2 Å². The van der Waals surface area contributed by atoms with Gasteiger partial charge in [-0.2, -0.15) is 9.65 Å². The molecular weight excluding hydrogens is 272 g/mol. The zero-order valence-electron chi connectivity index (χ0n) is 10.7. The summed E-state index contributed by atoms with van der Waals surface area (Å²) in [6, 6.07) is 2.29. The zero-order chi connectivity index (χ0) is 15.1. The number of nitrogens with zero attached hydrogens (tertiary/aromatic N) is 2. The third-order valence-corrected chi connectivity index (χ3v) is 2.40. The summed E-state index contributed by atoms with van der Waals surface area (Å²) in [7, 11) is 0. The zero-order valence-corrected chi connectivity index (χ0v) is 10.7. The van der Waals surface area contributed by atoms with Gasteiger partial charge in [-0.1, -0.05) is 6.92 Å². The largest absolute Gasteiger partial charge is 0.488 e. The van der Waals surface area contributed by atoms with Crippen LogP contribution >= 0.6 is 0 Å². The van der Waals surface area contributed by atoms with E-state index >= 15 is 0 Å². The summed E-state index contributed by atoms with van der Waals surface area (Å²) in [5.74, 6) is -2.71. The third kappa shape index (κ3) is 4.13. The molecule has 0 saturated heterocycles. The predicted octanol–water partition coefficient (Wildman–Crippen LogP) is 2.14. The number of halogens is 2. The molecule has 0 radical (unpaired) electrons. The molecule has 20 heavy (non-hydrogen) atoms. The molecule has 8 heteroatoms. The first-order valence-corrected chi connectivity index (χ1v) is 5.88. The maximum absolute atomic E-state index is 13.5. The normalized spacial score (nSPS) is 11.7. The maximum atomic E-state index is 13.5. The van der Waals surface area contributed by atoms with Crippen LogP contribution in [0.2, 0.25) is 0 Å². The number of nitro benzene ring substituents is 1. The Labute approximate surface area is 114 Å². The van der Waals surface area contributed by atoms with Gasteiger partial charge in [0.05, 0.1) is 17.1 Å². The van der Waals surface area contributed by atoms with E-state index in [0.29, 0.717) is 18.7 Å². The van der Waals surface area contributed by atoms with Crippen LogP contribution in [0.4, 0.5) is 14.5 Å². The molecule has 0 fully saturated rings. The van der Waals surface area contributed by atoms with Gasteiger partial charge in [0.2, 0.25) is 5.82 Å². The van der Waals surface area contributed by atoms with Crippen molar-refractivity contribution in [3.63, 3.8) is 0 Å². The van der Waals surface area contributed by atoms with Gasteiger partial charge in [-0.3, -0.25) is 15.4 Å². The molecule has 1 aromatic carbocycles. The summed E-state index contributed by atoms with van der Waals surface area (Å²) in [5.41, 5.74) is -0.962. The molecule has 0 aliphatic rings. The van der Waals surface area contributed by atoms with Gasteiger partial charge in [0.15, 0.2) is 11.6 Å². The SMILES string of the molecule is CCCNC(C#N)COc1cc(F)c([N+](=O)[O-])cc1F. The monoisotopic (exact) mass is 285 g/mol. The van der Waals surface area contributed by atoms with Crippen LogP contribution in [0.25, 0.3) is 0 Å². The second-order valence-electron chi connectivity index (χ2n) is 3.94. The standard InChI is InChI=1S/C12H13F2N3O3/c1-2-3-16-8(6-15)7-20-12-5-9(13)11(17(18)19)4-10(12)14/h4-5,8,16H,2-3,7H2,1H3. The summed E-state index contributed by atoms with van der Waals surface area (Å²) in [6.07, 6.45) is 0.804. The number of hydrogen-bond acceptors (Lipinski definition) is 5. The maximum Gasteiger partial charge on any atom is 0.307 e. The number of nitrogens with one attached hydrogen (secondary N) is 1. The smallest absolute Gasteiger partial charge is 0.307 e.